The summed E-state index contributed by atoms with van der Waals surface area (Å²) >= 11 is 1.96. The van der Waals surface area contributed by atoms with E-state index in [1.54, 1.807) is 0 Å². The van der Waals surface area contributed by atoms with E-state index in [4.69, 9.17) is 0 Å². The molecule has 1 aromatic carbocycles. The summed E-state index contributed by atoms with van der Waals surface area (Å²) in [6, 6.07) is 3.10. The summed E-state index contributed by atoms with van der Waals surface area (Å²) in [5.74, 6) is -0.870. The van der Waals surface area contributed by atoms with Crippen molar-refractivity contribution in [3.63, 3.8) is 0 Å². The van der Waals surface area contributed by atoms with E-state index >= 15 is 0 Å². The molecule has 3 rings (SSSR count). The molecule has 6 heteroatoms. The number of nitrogens with zero attached hydrogens (tertiary/aromatic N) is 1. The van der Waals surface area contributed by atoms with Crippen LogP contribution in [0, 0.1) is 15.2 Å². The maximum atomic E-state index is 13.2. The number of nitrogens with one attached hydrogen (secondary N) is 1. The smallest absolute Gasteiger partial charge is 0.264 e. The molecule has 0 radical (unpaired) electrons. The minimum Gasteiger partial charge on any atom is -0.306 e. The van der Waals surface area contributed by atoms with Crippen molar-refractivity contribution in [2.45, 2.75) is 18.8 Å². The number of hydrogen-bond acceptors (Lipinski definition) is 2. The van der Waals surface area contributed by atoms with Crippen LogP contribution >= 0.6 is 22.6 Å². The minimum atomic E-state index is -0.691. The number of hydrogen-bond donors (Lipinski definition) is 1. The number of aromatic amines is 1. The molecule has 1 N–H and O–H groups in total. The Balaban J connectivity index is 2.17. The van der Waals surface area contributed by atoms with Gasteiger partial charge in [-0.3, -0.25) is 4.79 Å². The van der Waals surface area contributed by atoms with Crippen molar-refractivity contribution < 1.29 is 8.78 Å². The molecule has 1 saturated carbocycles. The average Bonchev–Trinajstić information content (AvgIpc) is 3.15. The summed E-state index contributed by atoms with van der Waals surface area (Å²) in [4.78, 5) is 18.8. The van der Waals surface area contributed by atoms with Gasteiger partial charge in [0.25, 0.3) is 5.56 Å². The lowest BCUT2D eigenvalue weighted by atomic mass is 10.2. The van der Waals surface area contributed by atoms with Gasteiger partial charge >= 0.3 is 0 Å². The number of aromatic nitrogens is 2. The van der Waals surface area contributed by atoms with Gasteiger partial charge in [0.15, 0.2) is 0 Å². The highest BCUT2D eigenvalue weighted by Gasteiger charge is 2.29. The Hall–Kier alpha value is -1.31. The molecule has 0 bridgehead atoms. The summed E-state index contributed by atoms with van der Waals surface area (Å²) in [5.41, 5.74) is 0.703. The molecule has 98 valence electrons. The molecule has 1 aromatic heterocycles. The molecular formula is C13H9F2IN2O. The lowest BCUT2D eigenvalue weighted by Gasteiger charge is -2.06. The first-order valence-electron chi connectivity index (χ1n) is 5.81. The van der Waals surface area contributed by atoms with Crippen LogP contribution in [0.5, 0.6) is 0 Å². The Bertz CT molecular complexity index is 690. The molecule has 3 nitrogen and oxygen atoms in total. The molecule has 0 amide bonds. The predicted octanol–water partition coefficient (Wildman–Crippen LogP) is 3.20. The van der Waals surface area contributed by atoms with Crippen LogP contribution in [0.15, 0.2) is 23.0 Å². The van der Waals surface area contributed by atoms with Crippen molar-refractivity contribution in [3.8, 4) is 11.4 Å². The Kier molecular flexibility index (Phi) is 3.12. The van der Waals surface area contributed by atoms with Gasteiger partial charge in [-0.25, -0.2) is 13.8 Å². The van der Waals surface area contributed by atoms with Crippen molar-refractivity contribution in [1.82, 2.24) is 9.97 Å². The van der Waals surface area contributed by atoms with Gasteiger partial charge < -0.3 is 4.98 Å². The van der Waals surface area contributed by atoms with E-state index in [1.165, 1.54) is 0 Å². The van der Waals surface area contributed by atoms with Crippen molar-refractivity contribution >= 4 is 22.6 Å². The second-order valence-corrected chi connectivity index (χ2v) is 5.62. The third-order valence-electron chi connectivity index (χ3n) is 2.99. The normalized spacial score (nSPS) is 14.7. The van der Waals surface area contributed by atoms with Crippen LogP contribution in [-0.2, 0) is 0 Å². The first kappa shape index (κ1) is 12.7. The number of halogens is 3. The van der Waals surface area contributed by atoms with Gasteiger partial charge in [-0.15, -0.1) is 0 Å². The van der Waals surface area contributed by atoms with E-state index in [9.17, 15) is 13.6 Å². The molecule has 0 aliphatic heterocycles. The van der Waals surface area contributed by atoms with Gasteiger partial charge in [0, 0.05) is 17.5 Å². The fourth-order valence-corrected chi connectivity index (χ4v) is 2.63. The maximum Gasteiger partial charge on any atom is 0.264 e. The van der Waals surface area contributed by atoms with Gasteiger partial charge in [0.2, 0.25) is 0 Å². The van der Waals surface area contributed by atoms with E-state index in [0.29, 0.717) is 9.49 Å². The molecule has 1 fully saturated rings. The van der Waals surface area contributed by atoms with Crippen LogP contribution in [0.1, 0.15) is 24.5 Å². The number of rotatable bonds is 2. The second-order valence-electron chi connectivity index (χ2n) is 4.55. The van der Waals surface area contributed by atoms with Gasteiger partial charge in [0.05, 0.1) is 9.26 Å². The van der Waals surface area contributed by atoms with Gasteiger partial charge in [-0.1, -0.05) is 0 Å². The Morgan fingerprint density at radius 3 is 2.42 bits per heavy atom. The van der Waals surface area contributed by atoms with Gasteiger partial charge in [-0.05, 0) is 47.6 Å². The third kappa shape index (κ3) is 2.54. The monoisotopic (exact) mass is 374 g/mol. The lowest BCUT2D eigenvalue weighted by Crippen LogP contribution is -2.16. The van der Waals surface area contributed by atoms with Crippen LogP contribution in [0.4, 0.5) is 8.78 Å². The first-order chi connectivity index (χ1) is 9.04. The zero-order chi connectivity index (χ0) is 13.6. The second kappa shape index (κ2) is 4.66. The summed E-state index contributed by atoms with van der Waals surface area (Å²) in [6.07, 6.45) is 2.01. The minimum absolute atomic E-state index is 0.214. The molecular weight excluding hydrogens is 365 g/mol. The van der Waals surface area contributed by atoms with E-state index in [0.717, 1.165) is 36.7 Å². The highest BCUT2D eigenvalue weighted by Crippen LogP contribution is 2.40. The number of benzene rings is 1. The van der Waals surface area contributed by atoms with Crippen LogP contribution in [0.2, 0.25) is 0 Å². The van der Waals surface area contributed by atoms with Crippen molar-refractivity contribution in [2.75, 3.05) is 0 Å². The van der Waals surface area contributed by atoms with Crippen LogP contribution in [0.3, 0.4) is 0 Å². The largest absolute Gasteiger partial charge is 0.306 e. The molecule has 0 unspecified atom stereocenters. The lowest BCUT2D eigenvalue weighted by molar-refractivity contribution is 0.584. The van der Waals surface area contributed by atoms with E-state index < -0.39 is 11.6 Å². The van der Waals surface area contributed by atoms with Crippen LogP contribution in [0.25, 0.3) is 11.4 Å². The molecule has 0 atom stereocenters. The zero-order valence-corrected chi connectivity index (χ0v) is 11.9. The van der Waals surface area contributed by atoms with Crippen molar-refractivity contribution in [1.29, 1.82) is 0 Å². The zero-order valence-electron chi connectivity index (χ0n) is 9.71. The highest BCUT2D eigenvalue weighted by molar-refractivity contribution is 14.1. The Labute approximate surface area is 121 Å². The molecule has 1 heterocycles. The topological polar surface area (TPSA) is 45.8 Å². The van der Waals surface area contributed by atoms with Crippen LogP contribution in [-0.4, -0.2) is 9.97 Å². The van der Waals surface area contributed by atoms with E-state index in [1.807, 2.05) is 22.6 Å². The van der Waals surface area contributed by atoms with E-state index in [-0.39, 0.29) is 16.9 Å². The number of H-pyrrole nitrogens is 1. The molecule has 1 aliphatic rings. The maximum absolute atomic E-state index is 13.2. The van der Waals surface area contributed by atoms with Crippen LogP contribution < -0.4 is 5.56 Å². The molecule has 0 spiro atoms. The molecule has 0 saturated heterocycles. The highest BCUT2D eigenvalue weighted by atomic mass is 127. The predicted molar refractivity (Wildman–Crippen MR) is 74.9 cm³/mol. The fraction of sp³-hybridized carbons (Fsp3) is 0.231. The van der Waals surface area contributed by atoms with Gasteiger partial charge in [-0.2, -0.15) is 0 Å². The van der Waals surface area contributed by atoms with E-state index in [2.05, 4.69) is 9.97 Å². The Morgan fingerprint density at radius 2 is 1.84 bits per heavy atom. The average molecular weight is 374 g/mol. The quantitative estimate of drug-likeness (QED) is 0.821. The summed E-state index contributed by atoms with van der Waals surface area (Å²) in [6.45, 7) is 0. The standard InChI is InChI=1S/C13H9F2IN2O/c14-8-3-7(4-9(15)5-8)12-17-11(6-1-2-6)10(16)13(19)18-12/h3-6H,1-2H2,(H,17,18,19). The molecule has 1 aliphatic carbocycles. The van der Waals surface area contributed by atoms with Crippen molar-refractivity contribution in [3.05, 3.63) is 49.5 Å². The summed E-state index contributed by atoms with van der Waals surface area (Å²) in [7, 11) is 0. The fourth-order valence-electron chi connectivity index (χ4n) is 1.93. The summed E-state index contributed by atoms with van der Waals surface area (Å²) in [5, 5.41) is 0. The van der Waals surface area contributed by atoms with Crippen molar-refractivity contribution in [2.24, 2.45) is 0 Å². The molecule has 2 aromatic rings. The van der Waals surface area contributed by atoms with Gasteiger partial charge in [0.1, 0.15) is 17.5 Å². The molecule has 19 heavy (non-hydrogen) atoms. The Morgan fingerprint density at radius 1 is 1.21 bits per heavy atom. The summed E-state index contributed by atoms with van der Waals surface area (Å²) < 4.78 is 27.0. The SMILES string of the molecule is O=c1[nH]c(-c2cc(F)cc(F)c2)nc(C2CC2)c1I. The first-order valence-corrected chi connectivity index (χ1v) is 6.88. The third-order valence-corrected chi connectivity index (χ3v) is 4.03.